The topological polar surface area (TPSA) is 59.9 Å². The molecule has 0 radical (unpaired) electrons. The minimum absolute atomic E-state index is 0.177. The number of ether oxygens (including phenoxy) is 2. The second kappa shape index (κ2) is 7.66. The summed E-state index contributed by atoms with van der Waals surface area (Å²) in [5.41, 5.74) is 3.89. The molecule has 1 heterocycles. The van der Waals surface area contributed by atoms with E-state index in [1.54, 1.807) is 20.3 Å². The first-order valence-corrected chi connectivity index (χ1v) is 8.92. The molecule has 0 saturated carbocycles. The number of carbonyl (C=O) groups is 1. The lowest BCUT2D eigenvalue weighted by Gasteiger charge is -2.10. The molecule has 5 nitrogen and oxygen atoms in total. The molecule has 2 aromatic rings. The van der Waals surface area contributed by atoms with Crippen molar-refractivity contribution in [3.63, 3.8) is 0 Å². The fourth-order valence-electron chi connectivity index (χ4n) is 2.61. The van der Waals surface area contributed by atoms with E-state index in [1.807, 2.05) is 50.2 Å². The summed E-state index contributed by atoms with van der Waals surface area (Å²) in [4.78, 5) is 17.5. The number of hydrogen-bond donors (Lipinski definition) is 1. The highest BCUT2D eigenvalue weighted by molar-refractivity contribution is 8.18. The largest absolute Gasteiger partial charge is 0.493 e. The average Bonchev–Trinajstić information content (AvgIpc) is 2.97. The molecule has 6 heteroatoms. The van der Waals surface area contributed by atoms with Gasteiger partial charge in [0.1, 0.15) is 0 Å². The molecule has 0 aromatic heterocycles. The van der Waals surface area contributed by atoms with Gasteiger partial charge in [0, 0.05) is 5.56 Å². The highest BCUT2D eigenvalue weighted by Gasteiger charge is 2.24. The summed E-state index contributed by atoms with van der Waals surface area (Å²) < 4.78 is 10.7. The Kier molecular flexibility index (Phi) is 5.32. The summed E-state index contributed by atoms with van der Waals surface area (Å²) in [6, 6.07) is 11.5. The summed E-state index contributed by atoms with van der Waals surface area (Å²) in [5.74, 6) is 1.04. The minimum atomic E-state index is -0.177. The molecule has 2 aromatic carbocycles. The van der Waals surface area contributed by atoms with Gasteiger partial charge in [-0.05, 0) is 54.9 Å². The number of amidine groups is 1. The van der Waals surface area contributed by atoms with Crippen LogP contribution in [0.1, 0.15) is 16.7 Å². The number of amides is 1. The van der Waals surface area contributed by atoms with E-state index in [2.05, 4.69) is 10.3 Å². The van der Waals surface area contributed by atoms with Crippen molar-refractivity contribution in [3.8, 4) is 11.5 Å². The van der Waals surface area contributed by atoms with Gasteiger partial charge in [0.2, 0.25) is 0 Å². The molecule has 1 N–H and O–H groups in total. The number of hydrogen-bond acceptors (Lipinski definition) is 5. The van der Waals surface area contributed by atoms with Crippen molar-refractivity contribution in [2.45, 2.75) is 13.8 Å². The van der Waals surface area contributed by atoms with Crippen LogP contribution in [-0.4, -0.2) is 25.3 Å². The molecular weight excluding hydrogens is 348 g/mol. The van der Waals surface area contributed by atoms with Gasteiger partial charge in [-0.1, -0.05) is 24.3 Å². The van der Waals surface area contributed by atoms with E-state index in [1.165, 1.54) is 11.8 Å². The quantitative estimate of drug-likeness (QED) is 0.821. The summed E-state index contributed by atoms with van der Waals surface area (Å²) in [7, 11) is 3.16. The molecule has 1 saturated heterocycles. The molecule has 1 amide bonds. The van der Waals surface area contributed by atoms with E-state index < -0.39 is 0 Å². The number of rotatable bonds is 4. The van der Waals surface area contributed by atoms with Crippen LogP contribution < -0.4 is 14.8 Å². The molecule has 0 atom stereocenters. The number of nitrogens with zero attached hydrogens (tertiary/aromatic N) is 1. The van der Waals surface area contributed by atoms with Gasteiger partial charge in [0.15, 0.2) is 16.7 Å². The Bertz CT molecular complexity index is 919. The average molecular weight is 368 g/mol. The lowest BCUT2D eigenvalue weighted by Crippen LogP contribution is -2.19. The van der Waals surface area contributed by atoms with Crippen LogP contribution in [0.25, 0.3) is 6.08 Å². The van der Waals surface area contributed by atoms with E-state index in [0.29, 0.717) is 21.6 Å². The summed E-state index contributed by atoms with van der Waals surface area (Å²) in [6.45, 7) is 4.06. The Morgan fingerprint density at radius 1 is 1.08 bits per heavy atom. The lowest BCUT2D eigenvalue weighted by molar-refractivity contribution is -0.115. The van der Waals surface area contributed by atoms with Gasteiger partial charge in [-0.15, -0.1) is 0 Å². The third-order valence-electron chi connectivity index (χ3n) is 4.17. The van der Waals surface area contributed by atoms with E-state index >= 15 is 0 Å². The molecule has 26 heavy (non-hydrogen) atoms. The first kappa shape index (κ1) is 18.1. The number of aliphatic imine (C=N–C) groups is 1. The number of thioether (sulfide) groups is 1. The number of nitrogens with one attached hydrogen (secondary N) is 1. The van der Waals surface area contributed by atoms with E-state index in [4.69, 9.17) is 9.47 Å². The maximum absolute atomic E-state index is 12.3. The monoisotopic (exact) mass is 368 g/mol. The first-order valence-electron chi connectivity index (χ1n) is 8.10. The number of para-hydroxylation sites is 1. The molecular formula is C20H20N2O3S. The van der Waals surface area contributed by atoms with Crippen LogP contribution in [0, 0.1) is 13.8 Å². The summed E-state index contributed by atoms with van der Waals surface area (Å²) in [5, 5.41) is 3.39. The normalized spacial score (nSPS) is 16.8. The van der Waals surface area contributed by atoms with Crippen molar-refractivity contribution in [1.29, 1.82) is 0 Å². The molecule has 0 bridgehead atoms. The predicted molar refractivity (Wildman–Crippen MR) is 106 cm³/mol. The Morgan fingerprint density at radius 2 is 1.85 bits per heavy atom. The standard InChI is InChI=1S/C20H20N2O3S/c1-12-7-5-9-15(13(12)2)21-20-22-19(23)17(26-20)11-14-8-6-10-16(24-3)18(14)25-4/h5-11H,1-4H3,(H,21,22,23)/b17-11+. The SMILES string of the molecule is COc1cccc(/C=C2/SC(=Nc3cccc(C)c3C)NC2=O)c1OC. The Balaban J connectivity index is 1.92. The number of carbonyl (C=O) groups excluding carboxylic acids is 1. The predicted octanol–water partition coefficient (Wildman–Crippen LogP) is 4.21. The fourth-order valence-corrected chi connectivity index (χ4v) is 3.44. The van der Waals surface area contributed by atoms with Crippen LogP contribution >= 0.6 is 11.8 Å². The van der Waals surface area contributed by atoms with Crippen LogP contribution in [0.15, 0.2) is 46.3 Å². The van der Waals surface area contributed by atoms with E-state index in [-0.39, 0.29) is 5.91 Å². The second-order valence-electron chi connectivity index (χ2n) is 5.78. The maximum Gasteiger partial charge on any atom is 0.264 e. The highest BCUT2D eigenvalue weighted by Crippen LogP contribution is 2.35. The lowest BCUT2D eigenvalue weighted by atomic mass is 10.1. The van der Waals surface area contributed by atoms with Crippen molar-refractivity contribution >= 4 is 34.6 Å². The van der Waals surface area contributed by atoms with E-state index in [9.17, 15) is 4.79 Å². The van der Waals surface area contributed by atoms with Gasteiger partial charge < -0.3 is 14.8 Å². The van der Waals surface area contributed by atoms with Crippen LogP contribution in [0.4, 0.5) is 5.69 Å². The molecule has 0 aliphatic carbocycles. The minimum Gasteiger partial charge on any atom is -0.493 e. The van der Waals surface area contributed by atoms with Crippen LogP contribution in [-0.2, 0) is 4.79 Å². The summed E-state index contributed by atoms with van der Waals surface area (Å²) in [6.07, 6.45) is 1.78. The van der Waals surface area contributed by atoms with Gasteiger partial charge >= 0.3 is 0 Å². The third kappa shape index (κ3) is 3.60. The highest BCUT2D eigenvalue weighted by atomic mass is 32.2. The zero-order chi connectivity index (χ0) is 18.7. The van der Waals surface area contributed by atoms with Crippen LogP contribution in [0.5, 0.6) is 11.5 Å². The zero-order valence-corrected chi connectivity index (χ0v) is 15.9. The summed E-state index contributed by atoms with van der Waals surface area (Å²) >= 11 is 1.31. The Labute approximate surface area is 157 Å². The zero-order valence-electron chi connectivity index (χ0n) is 15.1. The van der Waals surface area contributed by atoms with Crippen molar-refractivity contribution in [2.24, 2.45) is 4.99 Å². The third-order valence-corrected chi connectivity index (χ3v) is 5.08. The molecule has 1 aliphatic heterocycles. The Hall–Kier alpha value is -2.73. The molecule has 134 valence electrons. The molecule has 1 fully saturated rings. The van der Waals surface area contributed by atoms with Gasteiger partial charge in [-0.3, -0.25) is 4.79 Å². The second-order valence-corrected chi connectivity index (χ2v) is 6.81. The van der Waals surface area contributed by atoms with E-state index in [0.717, 1.165) is 22.4 Å². The van der Waals surface area contributed by atoms with Gasteiger partial charge in [0.25, 0.3) is 5.91 Å². The molecule has 0 unspecified atom stereocenters. The van der Waals surface area contributed by atoms with Crippen LogP contribution in [0.3, 0.4) is 0 Å². The Morgan fingerprint density at radius 3 is 2.58 bits per heavy atom. The number of methoxy groups -OCH3 is 2. The number of benzene rings is 2. The molecule has 0 spiro atoms. The first-order chi connectivity index (χ1) is 12.5. The van der Waals surface area contributed by atoms with Gasteiger partial charge in [-0.25, -0.2) is 4.99 Å². The van der Waals surface area contributed by atoms with Crippen molar-refractivity contribution < 1.29 is 14.3 Å². The van der Waals surface area contributed by atoms with Crippen molar-refractivity contribution in [2.75, 3.05) is 14.2 Å². The maximum atomic E-state index is 12.3. The van der Waals surface area contributed by atoms with Crippen molar-refractivity contribution in [1.82, 2.24) is 5.32 Å². The molecule has 1 aliphatic rings. The van der Waals surface area contributed by atoms with Crippen LogP contribution in [0.2, 0.25) is 0 Å². The van der Waals surface area contributed by atoms with Crippen molar-refractivity contribution in [3.05, 3.63) is 58.0 Å². The number of aryl methyl sites for hydroxylation is 1. The van der Waals surface area contributed by atoms with Gasteiger partial charge in [-0.2, -0.15) is 0 Å². The smallest absolute Gasteiger partial charge is 0.264 e. The fraction of sp³-hybridized carbons (Fsp3) is 0.200. The van der Waals surface area contributed by atoms with Gasteiger partial charge in [0.05, 0.1) is 24.8 Å². The molecule has 3 rings (SSSR count).